The van der Waals surface area contributed by atoms with Crippen molar-refractivity contribution in [1.82, 2.24) is 0 Å². The first-order valence-corrected chi connectivity index (χ1v) is 6.50. The maximum Gasteiger partial charge on any atom is 0.139 e. The van der Waals surface area contributed by atoms with Gasteiger partial charge in [-0.05, 0) is 42.9 Å². The van der Waals surface area contributed by atoms with Gasteiger partial charge in [0.05, 0.1) is 5.88 Å². The van der Waals surface area contributed by atoms with E-state index in [2.05, 4.69) is 11.2 Å². The molecule has 0 spiro atoms. The van der Waals surface area contributed by atoms with Crippen molar-refractivity contribution in [1.29, 1.82) is 0 Å². The molecule has 0 heterocycles. The van der Waals surface area contributed by atoms with E-state index in [0.29, 0.717) is 0 Å². The highest BCUT2D eigenvalue weighted by atomic mass is 35.5. The lowest BCUT2D eigenvalue weighted by Crippen LogP contribution is -2.18. The Labute approximate surface area is 106 Å². The molecule has 0 saturated heterocycles. The molecule has 0 unspecified atom stereocenters. The van der Waals surface area contributed by atoms with Crippen molar-refractivity contribution in [3.05, 3.63) is 34.2 Å². The van der Waals surface area contributed by atoms with Crippen LogP contribution in [0.1, 0.15) is 24.0 Å². The average Bonchev–Trinajstić information content (AvgIpc) is 2.40. The minimum atomic E-state index is -0.462. The molecule has 92 valence electrons. The van der Waals surface area contributed by atoms with Crippen LogP contribution in [0.5, 0.6) is 5.75 Å². The van der Waals surface area contributed by atoms with E-state index >= 15 is 0 Å². The van der Waals surface area contributed by atoms with Crippen molar-refractivity contribution < 1.29 is 4.74 Å². The van der Waals surface area contributed by atoms with Crippen molar-refractivity contribution in [2.24, 2.45) is 5.18 Å². The van der Waals surface area contributed by atoms with Crippen LogP contribution in [0, 0.1) is 4.91 Å². The van der Waals surface area contributed by atoms with E-state index in [1.165, 1.54) is 24.0 Å². The van der Waals surface area contributed by atoms with Crippen molar-refractivity contribution >= 4 is 11.6 Å². The number of aryl methyl sites for hydroxylation is 1. The highest BCUT2D eigenvalue weighted by molar-refractivity contribution is 6.18. The molecule has 0 radical (unpaired) electrons. The van der Waals surface area contributed by atoms with E-state index in [4.69, 9.17) is 16.3 Å². The Hall–Kier alpha value is -1.09. The molecule has 1 aromatic carbocycles. The Balaban J connectivity index is 2.08. The number of halogens is 1. The highest BCUT2D eigenvalue weighted by Gasteiger charge is 2.15. The summed E-state index contributed by atoms with van der Waals surface area (Å²) in [5, 5.41) is 2.93. The SMILES string of the molecule is O=N[C@@H](CCl)COc1cccc2c1CCCC2. The van der Waals surface area contributed by atoms with Gasteiger partial charge in [0.2, 0.25) is 0 Å². The molecule has 1 aliphatic carbocycles. The number of hydrogen-bond donors (Lipinski definition) is 0. The Morgan fingerprint density at radius 2 is 2.18 bits per heavy atom. The summed E-state index contributed by atoms with van der Waals surface area (Å²) in [4.78, 5) is 10.4. The molecule has 1 atom stereocenters. The van der Waals surface area contributed by atoms with Crippen LogP contribution in [-0.2, 0) is 12.8 Å². The molecule has 0 fully saturated rings. The number of alkyl halides is 1. The summed E-state index contributed by atoms with van der Waals surface area (Å²) in [7, 11) is 0. The predicted molar refractivity (Wildman–Crippen MR) is 68.9 cm³/mol. The third kappa shape index (κ3) is 2.97. The van der Waals surface area contributed by atoms with Crippen LogP contribution < -0.4 is 4.74 Å². The van der Waals surface area contributed by atoms with Gasteiger partial charge in [-0.2, -0.15) is 4.91 Å². The molecular weight excluding hydrogens is 238 g/mol. The van der Waals surface area contributed by atoms with Crippen LogP contribution in [0.15, 0.2) is 23.4 Å². The first kappa shape index (κ1) is 12.4. The van der Waals surface area contributed by atoms with Gasteiger partial charge >= 0.3 is 0 Å². The molecule has 4 heteroatoms. The minimum absolute atomic E-state index is 0.207. The van der Waals surface area contributed by atoms with Crippen molar-refractivity contribution in [3.8, 4) is 5.75 Å². The van der Waals surface area contributed by atoms with Crippen molar-refractivity contribution in [3.63, 3.8) is 0 Å². The summed E-state index contributed by atoms with van der Waals surface area (Å²) in [5.41, 5.74) is 2.66. The van der Waals surface area contributed by atoms with Crippen molar-refractivity contribution in [2.75, 3.05) is 12.5 Å². The number of nitroso groups, excluding NO2 is 1. The first-order chi connectivity index (χ1) is 8.35. The second kappa shape index (κ2) is 6.01. The summed E-state index contributed by atoms with van der Waals surface area (Å²) < 4.78 is 5.67. The third-order valence-corrected chi connectivity index (χ3v) is 3.47. The zero-order valence-electron chi connectivity index (χ0n) is 9.69. The molecule has 1 aliphatic rings. The van der Waals surface area contributed by atoms with Crippen LogP contribution in [0.4, 0.5) is 0 Å². The quantitative estimate of drug-likeness (QED) is 0.596. The summed E-state index contributed by atoms with van der Waals surface area (Å²) in [6, 6.07) is 5.65. The van der Waals surface area contributed by atoms with E-state index in [-0.39, 0.29) is 12.5 Å². The van der Waals surface area contributed by atoms with Gasteiger partial charge in [-0.3, -0.25) is 0 Å². The molecule has 17 heavy (non-hydrogen) atoms. The highest BCUT2D eigenvalue weighted by Crippen LogP contribution is 2.29. The molecule has 0 saturated carbocycles. The minimum Gasteiger partial charge on any atom is -0.491 e. The van der Waals surface area contributed by atoms with E-state index in [1.807, 2.05) is 12.1 Å². The fraction of sp³-hybridized carbons (Fsp3) is 0.538. The zero-order chi connectivity index (χ0) is 12.1. The van der Waals surface area contributed by atoms with Gasteiger partial charge in [-0.25, -0.2) is 0 Å². The average molecular weight is 254 g/mol. The largest absolute Gasteiger partial charge is 0.491 e. The number of ether oxygens (including phenoxy) is 1. The first-order valence-electron chi connectivity index (χ1n) is 5.97. The van der Waals surface area contributed by atoms with Gasteiger partial charge in [0.25, 0.3) is 0 Å². The molecule has 1 aromatic rings. The number of benzene rings is 1. The lowest BCUT2D eigenvalue weighted by atomic mass is 9.91. The molecule has 0 amide bonds. The second-order valence-electron chi connectivity index (χ2n) is 4.33. The van der Waals surface area contributed by atoms with E-state index in [0.717, 1.165) is 18.6 Å². The zero-order valence-corrected chi connectivity index (χ0v) is 10.4. The van der Waals surface area contributed by atoms with Crippen molar-refractivity contribution in [2.45, 2.75) is 31.7 Å². The number of rotatable bonds is 5. The lowest BCUT2D eigenvalue weighted by molar-refractivity contribution is 0.293. The Kier molecular flexibility index (Phi) is 4.37. The van der Waals surface area contributed by atoms with Crippen LogP contribution in [0.2, 0.25) is 0 Å². The van der Waals surface area contributed by atoms with E-state index in [1.54, 1.807) is 0 Å². The maximum atomic E-state index is 10.4. The normalized spacial score (nSPS) is 16.1. The van der Waals surface area contributed by atoms with Crippen LogP contribution in [0.25, 0.3) is 0 Å². The Morgan fingerprint density at radius 1 is 1.35 bits per heavy atom. The Morgan fingerprint density at radius 3 is 2.94 bits per heavy atom. The smallest absolute Gasteiger partial charge is 0.139 e. The number of hydrogen-bond acceptors (Lipinski definition) is 3. The number of nitrogens with zero attached hydrogens (tertiary/aromatic N) is 1. The fourth-order valence-electron chi connectivity index (χ4n) is 2.17. The van der Waals surface area contributed by atoms with E-state index < -0.39 is 6.04 Å². The topological polar surface area (TPSA) is 38.7 Å². The van der Waals surface area contributed by atoms with Gasteiger partial charge in [0.15, 0.2) is 0 Å². The van der Waals surface area contributed by atoms with E-state index in [9.17, 15) is 4.91 Å². The fourth-order valence-corrected chi connectivity index (χ4v) is 2.32. The molecular formula is C13H16ClNO2. The lowest BCUT2D eigenvalue weighted by Gasteiger charge is -2.19. The van der Waals surface area contributed by atoms with Crippen LogP contribution >= 0.6 is 11.6 Å². The summed E-state index contributed by atoms with van der Waals surface area (Å²) in [6.07, 6.45) is 4.64. The monoisotopic (exact) mass is 253 g/mol. The summed E-state index contributed by atoms with van der Waals surface area (Å²) in [6.45, 7) is 0.267. The third-order valence-electron chi connectivity index (χ3n) is 3.11. The van der Waals surface area contributed by atoms with Crippen LogP contribution in [0.3, 0.4) is 0 Å². The summed E-state index contributed by atoms with van der Waals surface area (Å²) in [5.74, 6) is 1.10. The molecule has 0 aromatic heterocycles. The number of fused-ring (bicyclic) bond motifs is 1. The van der Waals surface area contributed by atoms with Gasteiger partial charge < -0.3 is 4.74 Å². The van der Waals surface area contributed by atoms with Gasteiger partial charge in [0, 0.05) is 0 Å². The molecule has 3 nitrogen and oxygen atoms in total. The standard InChI is InChI=1S/C13H16ClNO2/c14-8-11(15-16)9-17-13-7-3-5-10-4-1-2-6-12(10)13/h3,5,7,11H,1-2,4,6,8-9H2/t11-/m0/s1. The molecule has 2 rings (SSSR count). The van der Waals surface area contributed by atoms with Gasteiger partial charge in [-0.15, -0.1) is 11.6 Å². The maximum absolute atomic E-state index is 10.4. The summed E-state index contributed by atoms with van der Waals surface area (Å²) >= 11 is 5.60. The van der Waals surface area contributed by atoms with Gasteiger partial charge in [0.1, 0.15) is 18.4 Å². The molecule has 0 aliphatic heterocycles. The molecule has 0 bridgehead atoms. The van der Waals surface area contributed by atoms with Crippen LogP contribution in [-0.4, -0.2) is 18.5 Å². The Bertz CT molecular complexity index is 395. The van der Waals surface area contributed by atoms with Gasteiger partial charge in [-0.1, -0.05) is 17.3 Å². The second-order valence-corrected chi connectivity index (χ2v) is 4.63. The predicted octanol–water partition coefficient (Wildman–Crippen LogP) is 3.32. The molecule has 0 N–H and O–H groups in total.